The minimum absolute atomic E-state index is 0.0760. The quantitative estimate of drug-likeness (QED) is 0.530. The maximum atomic E-state index is 12.8. The molecule has 0 unspecified atom stereocenters. The first-order valence-electron chi connectivity index (χ1n) is 10.1. The summed E-state index contributed by atoms with van der Waals surface area (Å²) in [6, 6.07) is 19.6. The van der Waals surface area contributed by atoms with Crippen molar-refractivity contribution in [1.82, 2.24) is 24.9 Å². The molecule has 2 aromatic heterocycles. The Labute approximate surface area is 174 Å². The van der Waals surface area contributed by atoms with Gasteiger partial charge in [0.05, 0.1) is 0 Å². The summed E-state index contributed by atoms with van der Waals surface area (Å²) < 4.78 is 1.74. The largest absolute Gasteiger partial charge is 0.348 e. The third-order valence-electron chi connectivity index (χ3n) is 5.58. The minimum Gasteiger partial charge on any atom is -0.348 e. The molecule has 1 aliphatic rings. The fraction of sp³-hybridized carbons (Fsp3) is 0.217. The van der Waals surface area contributed by atoms with Crippen molar-refractivity contribution in [2.24, 2.45) is 0 Å². The second-order valence-electron chi connectivity index (χ2n) is 7.50. The number of fused-ring (bicyclic) bond motifs is 1. The fourth-order valence-electron chi connectivity index (χ4n) is 4.07. The summed E-state index contributed by atoms with van der Waals surface area (Å²) in [7, 11) is 0. The molecule has 7 heteroatoms. The van der Waals surface area contributed by atoms with Crippen molar-refractivity contribution in [3.05, 3.63) is 78.6 Å². The maximum Gasteiger partial charge on any atom is 0.253 e. The van der Waals surface area contributed by atoms with Crippen molar-refractivity contribution in [2.45, 2.75) is 13.0 Å². The molecule has 1 atom stereocenters. The van der Waals surface area contributed by atoms with E-state index in [1.165, 1.54) is 0 Å². The summed E-state index contributed by atoms with van der Waals surface area (Å²) in [5, 5.41) is 15.4. The predicted octanol–water partition coefficient (Wildman–Crippen LogP) is 3.17. The van der Waals surface area contributed by atoms with Crippen LogP contribution in [0.25, 0.3) is 16.6 Å². The summed E-state index contributed by atoms with van der Waals surface area (Å²) in [6.45, 7) is 4.13. The molecule has 1 amide bonds. The van der Waals surface area contributed by atoms with Crippen molar-refractivity contribution in [1.29, 1.82) is 0 Å². The number of aromatic nitrogens is 4. The zero-order valence-corrected chi connectivity index (χ0v) is 16.7. The highest BCUT2D eigenvalue weighted by Gasteiger charge is 2.29. The molecular formula is C23H22N6O. The minimum atomic E-state index is 0.0760. The number of nitrogens with zero attached hydrogens (tertiary/aromatic N) is 6. The number of carbonyl (C=O) groups excluding carboxylic acids is 1. The zero-order valence-electron chi connectivity index (χ0n) is 16.7. The van der Waals surface area contributed by atoms with Crippen molar-refractivity contribution in [3.8, 4) is 5.82 Å². The number of benzene rings is 2. The van der Waals surface area contributed by atoms with Gasteiger partial charge < -0.3 is 9.80 Å². The average Bonchev–Trinajstić information content (AvgIpc) is 3.33. The van der Waals surface area contributed by atoms with E-state index >= 15 is 0 Å². The van der Waals surface area contributed by atoms with Crippen LogP contribution in [0, 0.1) is 0 Å². The van der Waals surface area contributed by atoms with Crippen LogP contribution in [-0.2, 0) is 0 Å². The topological polar surface area (TPSA) is 67.2 Å². The molecule has 1 saturated heterocycles. The van der Waals surface area contributed by atoms with Crippen molar-refractivity contribution >= 4 is 22.5 Å². The Balaban J connectivity index is 1.44. The summed E-state index contributed by atoms with van der Waals surface area (Å²) >= 11 is 0. The molecule has 7 nitrogen and oxygen atoms in total. The van der Waals surface area contributed by atoms with E-state index in [9.17, 15) is 4.79 Å². The molecule has 30 heavy (non-hydrogen) atoms. The molecule has 0 aliphatic carbocycles. The highest BCUT2D eigenvalue weighted by Crippen LogP contribution is 2.30. The molecule has 5 rings (SSSR count). The van der Waals surface area contributed by atoms with Crippen LogP contribution in [0.3, 0.4) is 0 Å². The number of hydrogen-bond acceptors (Lipinski definition) is 5. The van der Waals surface area contributed by atoms with Crippen LogP contribution in [0.1, 0.15) is 17.3 Å². The molecule has 0 radical (unpaired) electrons. The van der Waals surface area contributed by atoms with Gasteiger partial charge in [-0.15, -0.1) is 10.2 Å². The molecule has 2 aromatic carbocycles. The summed E-state index contributed by atoms with van der Waals surface area (Å²) in [5.41, 5.74) is 0.729. The molecule has 0 N–H and O–H groups in total. The second-order valence-corrected chi connectivity index (χ2v) is 7.50. The summed E-state index contributed by atoms with van der Waals surface area (Å²) in [6.07, 6.45) is 3.60. The third kappa shape index (κ3) is 3.18. The van der Waals surface area contributed by atoms with E-state index in [0.717, 1.165) is 22.2 Å². The predicted molar refractivity (Wildman–Crippen MR) is 116 cm³/mol. The van der Waals surface area contributed by atoms with Gasteiger partial charge in [0, 0.05) is 54.4 Å². The lowest BCUT2D eigenvalue weighted by molar-refractivity contribution is 0.0726. The average molecular weight is 398 g/mol. The van der Waals surface area contributed by atoms with Crippen LogP contribution in [0.5, 0.6) is 0 Å². The number of carbonyl (C=O) groups is 1. The van der Waals surface area contributed by atoms with Gasteiger partial charge in [0.25, 0.3) is 5.91 Å². The van der Waals surface area contributed by atoms with E-state index < -0.39 is 0 Å². The summed E-state index contributed by atoms with van der Waals surface area (Å²) in [4.78, 5) is 17.0. The molecule has 0 spiro atoms. The first-order valence-corrected chi connectivity index (χ1v) is 10.1. The van der Waals surface area contributed by atoms with Crippen LogP contribution in [0.15, 0.2) is 73.1 Å². The third-order valence-corrected chi connectivity index (χ3v) is 5.58. The van der Waals surface area contributed by atoms with Gasteiger partial charge in [0.15, 0.2) is 11.6 Å². The van der Waals surface area contributed by atoms with Gasteiger partial charge in [0.2, 0.25) is 0 Å². The van der Waals surface area contributed by atoms with Crippen LogP contribution in [-0.4, -0.2) is 56.5 Å². The van der Waals surface area contributed by atoms with Gasteiger partial charge in [0.1, 0.15) is 0 Å². The molecule has 4 aromatic rings. The van der Waals surface area contributed by atoms with Crippen molar-refractivity contribution in [2.75, 3.05) is 24.5 Å². The van der Waals surface area contributed by atoms with Crippen LogP contribution in [0.4, 0.5) is 5.82 Å². The Kier molecular flexibility index (Phi) is 4.63. The standard InChI is InChI=1S/C23H22N6O/c1-17-16-27(23(30)18-8-3-2-4-9-18)14-15-28(17)21-19-10-5-6-11-20(19)22(26-25-21)29-13-7-12-24-29/h2-13,17H,14-16H2,1H3/t17-/m1/s1. The highest BCUT2D eigenvalue weighted by atomic mass is 16.2. The Bertz CT molecular complexity index is 1180. The Morgan fingerprint density at radius 3 is 2.30 bits per heavy atom. The van der Waals surface area contributed by atoms with E-state index in [0.29, 0.717) is 25.5 Å². The first-order chi connectivity index (χ1) is 14.7. The SMILES string of the molecule is C[C@@H]1CN(C(=O)c2ccccc2)CCN1c1nnc(-n2cccn2)c2ccccc12. The van der Waals surface area contributed by atoms with Gasteiger partial charge in [-0.05, 0) is 25.1 Å². The molecule has 0 saturated carbocycles. The second kappa shape index (κ2) is 7.59. The Morgan fingerprint density at radius 1 is 0.900 bits per heavy atom. The molecule has 0 bridgehead atoms. The lowest BCUT2D eigenvalue weighted by Crippen LogP contribution is -2.54. The molecule has 3 heterocycles. The van der Waals surface area contributed by atoms with Crippen LogP contribution >= 0.6 is 0 Å². The molecule has 150 valence electrons. The normalized spacial score (nSPS) is 16.8. The molecule has 1 aliphatic heterocycles. The number of rotatable bonds is 3. The number of piperazine rings is 1. The first kappa shape index (κ1) is 18.3. The van der Waals surface area contributed by atoms with E-state index in [-0.39, 0.29) is 11.9 Å². The lowest BCUT2D eigenvalue weighted by Gasteiger charge is -2.40. The highest BCUT2D eigenvalue weighted by molar-refractivity contribution is 5.97. The Hall–Kier alpha value is -3.74. The molecule has 1 fully saturated rings. The molecular weight excluding hydrogens is 376 g/mol. The smallest absolute Gasteiger partial charge is 0.253 e. The van der Waals surface area contributed by atoms with Crippen LogP contribution < -0.4 is 4.90 Å². The fourth-order valence-corrected chi connectivity index (χ4v) is 4.07. The number of anilines is 1. The summed E-state index contributed by atoms with van der Waals surface area (Å²) in [5.74, 6) is 1.64. The zero-order chi connectivity index (χ0) is 20.5. The van der Waals surface area contributed by atoms with Gasteiger partial charge in [-0.1, -0.05) is 42.5 Å². The Morgan fingerprint density at radius 2 is 1.60 bits per heavy atom. The van der Waals surface area contributed by atoms with Gasteiger partial charge in [-0.3, -0.25) is 4.79 Å². The van der Waals surface area contributed by atoms with Gasteiger partial charge in [-0.25, -0.2) is 4.68 Å². The van der Waals surface area contributed by atoms with E-state index in [1.54, 1.807) is 10.9 Å². The van der Waals surface area contributed by atoms with E-state index in [1.807, 2.05) is 65.7 Å². The lowest BCUT2D eigenvalue weighted by atomic mass is 10.1. The van der Waals surface area contributed by atoms with Gasteiger partial charge in [-0.2, -0.15) is 5.10 Å². The van der Waals surface area contributed by atoms with E-state index in [2.05, 4.69) is 33.2 Å². The number of amides is 1. The van der Waals surface area contributed by atoms with E-state index in [4.69, 9.17) is 0 Å². The maximum absolute atomic E-state index is 12.8. The van der Waals surface area contributed by atoms with Crippen molar-refractivity contribution < 1.29 is 4.79 Å². The number of hydrogen-bond donors (Lipinski definition) is 0. The van der Waals surface area contributed by atoms with Gasteiger partial charge >= 0.3 is 0 Å². The monoisotopic (exact) mass is 398 g/mol. The van der Waals surface area contributed by atoms with Crippen molar-refractivity contribution in [3.63, 3.8) is 0 Å². The van der Waals surface area contributed by atoms with Crippen LogP contribution in [0.2, 0.25) is 0 Å².